The van der Waals surface area contributed by atoms with Crippen LogP contribution in [-0.2, 0) is 0 Å². The number of halogens is 1. The first kappa shape index (κ1) is 25.1. The average molecular weight is 466 g/mol. The Kier molecular flexibility index (Phi) is 9.91. The number of hydrogen-bond donors (Lipinski definition) is 3. The second kappa shape index (κ2) is 12.6. The lowest BCUT2D eigenvalue weighted by Gasteiger charge is -2.38. The van der Waals surface area contributed by atoms with Gasteiger partial charge in [-0.05, 0) is 76.8 Å². The number of nitrogens with zero attached hydrogens (tertiary/aromatic N) is 2. The van der Waals surface area contributed by atoms with Crippen LogP contribution in [0.5, 0.6) is 5.75 Å². The number of hydrogen-bond acceptors (Lipinski definition) is 6. The molecule has 0 unspecified atom stereocenters. The zero-order valence-corrected chi connectivity index (χ0v) is 20.4. The van der Waals surface area contributed by atoms with Crippen molar-refractivity contribution in [1.82, 2.24) is 20.4 Å². The Hall–Kier alpha value is -1.54. The number of carbonyl (C=O) groups is 1. The third-order valence-corrected chi connectivity index (χ3v) is 7.11. The third kappa shape index (κ3) is 7.24. The van der Waals surface area contributed by atoms with Gasteiger partial charge in [0.1, 0.15) is 5.75 Å². The third-order valence-electron chi connectivity index (χ3n) is 6.79. The highest BCUT2D eigenvalue weighted by Crippen LogP contribution is 2.29. The van der Waals surface area contributed by atoms with E-state index < -0.39 is 0 Å². The average Bonchev–Trinajstić information content (AvgIpc) is 2.80. The van der Waals surface area contributed by atoms with Crippen molar-refractivity contribution in [2.75, 3.05) is 65.2 Å². The van der Waals surface area contributed by atoms with Crippen LogP contribution in [-0.4, -0.2) is 81.2 Å². The summed E-state index contributed by atoms with van der Waals surface area (Å²) < 4.78 is 5.32. The number of likely N-dealkylation sites (tertiary alicyclic amines) is 2. The topological polar surface area (TPSA) is 82.9 Å². The lowest BCUT2D eigenvalue weighted by atomic mass is 9.94. The highest BCUT2D eigenvalue weighted by Gasteiger charge is 2.26. The number of ether oxygens (including phenoxy) is 1. The van der Waals surface area contributed by atoms with Gasteiger partial charge >= 0.3 is 0 Å². The van der Waals surface area contributed by atoms with E-state index in [1.807, 2.05) is 0 Å². The zero-order valence-electron chi connectivity index (χ0n) is 19.7. The summed E-state index contributed by atoms with van der Waals surface area (Å²) in [5.74, 6) is 1.10. The largest absolute Gasteiger partial charge is 0.496 e. The van der Waals surface area contributed by atoms with Gasteiger partial charge in [-0.15, -0.1) is 0 Å². The number of carbonyl (C=O) groups excluding carboxylic acids is 1. The first-order valence-electron chi connectivity index (χ1n) is 12.1. The highest BCUT2D eigenvalue weighted by molar-refractivity contribution is 6.33. The summed E-state index contributed by atoms with van der Waals surface area (Å²) in [6.07, 6.45) is 5.79. The van der Waals surface area contributed by atoms with Crippen molar-refractivity contribution in [3.63, 3.8) is 0 Å². The normalized spacial score (nSPS) is 19.2. The van der Waals surface area contributed by atoms with E-state index in [0.717, 1.165) is 44.9 Å². The van der Waals surface area contributed by atoms with E-state index in [4.69, 9.17) is 22.1 Å². The Bertz CT molecular complexity index is 731. The number of nitrogens with two attached hydrogens (primary N) is 1. The summed E-state index contributed by atoms with van der Waals surface area (Å²) in [6, 6.07) is 3.37. The molecular formula is C24H40ClN5O2. The molecule has 4 N–H and O–H groups in total. The Morgan fingerprint density at radius 2 is 1.84 bits per heavy atom. The summed E-state index contributed by atoms with van der Waals surface area (Å²) in [5.41, 5.74) is 6.67. The molecule has 2 heterocycles. The molecule has 1 amide bonds. The molecule has 0 spiro atoms. The fraction of sp³-hybridized carbons (Fsp3) is 0.708. The van der Waals surface area contributed by atoms with Gasteiger partial charge in [-0.25, -0.2) is 0 Å². The van der Waals surface area contributed by atoms with Gasteiger partial charge < -0.3 is 30.9 Å². The number of nitrogens with one attached hydrogen (secondary N) is 2. The molecule has 0 radical (unpaired) electrons. The van der Waals surface area contributed by atoms with Gasteiger partial charge in [-0.2, -0.15) is 0 Å². The Morgan fingerprint density at radius 3 is 2.50 bits per heavy atom. The first-order chi connectivity index (χ1) is 15.5. The molecule has 7 nitrogen and oxygen atoms in total. The van der Waals surface area contributed by atoms with Gasteiger partial charge in [-0.3, -0.25) is 4.79 Å². The first-order valence-corrected chi connectivity index (χ1v) is 12.5. The van der Waals surface area contributed by atoms with Gasteiger partial charge in [0.15, 0.2) is 0 Å². The maximum Gasteiger partial charge on any atom is 0.255 e. The minimum atomic E-state index is -0.149. The number of piperidine rings is 2. The fourth-order valence-electron chi connectivity index (χ4n) is 4.80. The lowest BCUT2D eigenvalue weighted by molar-refractivity contribution is 0.0888. The molecule has 2 saturated heterocycles. The van der Waals surface area contributed by atoms with Gasteiger partial charge in [0, 0.05) is 31.7 Å². The Labute approximate surface area is 198 Å². The monoisotopic (exact) mass is 465 g/mol. The second-order valence-electron chi connectivity index (χ2n) is 9.11. The predicted octanol–water partition coefficient (Wildman–Crippen LogP) is 2.84. The van der Waals surface area contributed by atoms with Crippen molar-refractivity contribution in [2.24, 2.45) is 5.92 Å². The molecule has 2 aliphatic heterocycles. The van der Waals surface area contributed by atoms with Crippen LogP contribution in [0, 0.1) is 5.92 Å². The molecule has 0 saturated carbocycles. The number of anilines is 1. The second-order valence-corrected chi connectivity index (χ2v) is 9.52. The summed E-state index contributed by atoms with van der Waals surface area (Å²) in [7, 11) is 1.53. The molecule has 0 bridgehead atoms. The highest BCUT2D eigenvalue weighted by atomic mass is 35.5. The summed E-state index contributed by atoms with van der Waals surface area (Å²) in [5, 5.41) is 6.94. The standard InChI is InChI=1S/C24H40ClN5O2/c1-3-27-9-4-10-29-11-5-18(6-12-29)17-30-13-7-19(8-14-30)28-24(31)20-15-21(25)22(26)16-23(20)32-2/h15-16,18-19,27H,3-14,17,26H2,1-2H3,(H,28,31). The van der Waals surface area contributed by atoms with E-state index in [1.165, 1.54) is 52.6 Å². The summed E-state index contributed by atoms with van der Waals surface area (Å²) in [4.78, 5) is 18.0. The molecule has 8 heteroatoms. The molecule has 3 rings (SSSR count). The lowest BCUT2D eigenvalue weighted by Crippen LogP contribution is -2.47. The van der Waals surface area contributed by atoms with Gasteiger partial charge in [0.05, 0.1) is 23.4 Å². The molecule has 0 aromatic heterocycles. The minimum absolute atomic E-state index is 0.149. The van der Waals surface area contributed by atoms with Gasteiger partial charge in [-0.1, -0.05) is 18.5 Å². The van der Waals surface area contributed by atoms with Crippen LogP contribution < -0.4 is 21.1 Å². The molecular weight excluding hydrogens is 426 g/mol. The van der Waals surface area contributed by atoms with E-state index in [0.29, 0.717) is 22.0 Å². The fourth-order valence-corrected chi connectivity index (χ4v) is 4.96. The van der Waals surface area contributed by atoms with E-state index in [-0.39, 0.29) is 11.9 Å². The quantitative estimate of drug-likeness (QED) is 0.364. The number of methoxy groups -OCH3 is 1. The Morgan fingerprint density at radius 1 is 1.16 bits per heavy atom. The van der Waals surface area contributed by atoms with Crippen LogP contribution in [0.25, 0.3) is 0 Å². The van der Waals surface area contributed by atoms with Crippen LogP contribution in [0.15, 0.2) is 12.1 Å². The van der Waals surface area contributed by atoms with Crippen molar-refractivity contribution in [1.29, 1.82) is 0 Å². The number of nitrogen functional groups attached to an aromatic ring is 1. The van der Waals surface area contributed by atoms with E-state index >= 15 is 0 Å². The molecule has 180 valence electrons. The van der Waals surface area contributed by atoms with Crippen LogP contribution in [0.3, 0.4) is 0 Å². The molecule has 2 fully saturated rings. The molecule has 1 aromatic carbocycles. The van der Waals surface area contributed by atoms with Crippen LogP contribution in [0.2, 0.25) is 5.02 Å². The van der Waals surface area contributed by atoms with Gasteiger partial charge in [0.2, 0.25) is 0 Å². The van der Waals surface area contributed by atoms with Crippen molar-refractivity contribution < 1.29 is 9.53 Å². The molecule has 0 atom stereocenters. The zero-order chi connectivity index (χ0) is 22.9. The van der Waals surface area contributed by atoms with Crippen molar-refractivity contribution in [3.8, 4) is 5.75 Å². The maximum absolute atomic E-state index is 12.8. The van der Waals surface area contributed by atoms with E-state index in [2.05, 4.69) is 27.4 Å². The maximum atomic E-state index is 12.8. The van der Waals surface area contributed by atoms with Crippen LogP contribution in [0.1, 0.15) is 49.4 Å². The van der Waals surface area contributed by atoms with Crippen molar-refractivity contribution in [3.05, 3.63) is 22.7 Å². The van der Waals surface area contributed by atoms with Gasteiger partial charge in [0.25, 0.3) is 5.91 Å². The molecule has 0 aliphatic carbocycles. The summed E-state index contributed by atoms with van der Waals surface area (Å²) in [6.45, 7) is 11.3. The molecule has 32 heavy (non-hydrogen) atoms. The van der Waals surface area contributed by atoms with Crippen LogP contribution in [0.4, 0.5) is 5.69 Å². The summed E-state index contributed by atoms with van der Waals surface area (Å²) >= 11 is 6.11. The van der Waals surface area contributed by atoms with E-state index in [1.54, 1.807) is 12.1 Å². The predicted molar refractivity (Wildman–Crippen MR) is 132 cm³/mol. The number of amides is 1. The smallest absolute Gasteiger partial charge is 0.255 e. The van der Waals surface area contributed by atoms with Crippen molar-refractivity contribution in [2.45, 2.75) is 45.1 Å². The molecule has 1 aromatic rings. The minimum Gasteiger partial charge on any atom is -0.496 e. The number of benzene rings is 1. The molecule has 2 aliphatic rings. The van der Waals surface area contributed by atoms with Crippen LogP contribution >= 0.6 is 11.6 Å². The Balaban J connectivity index is 1.37. The van der Waals surface area contributed by atoms with E-state index in [9.17, 15) is 4.79 Å². The van der Waals surface area contributed by atoms with Crippen molar-refractivity contribution >= 4 is 23.2 Å². The SMILES string of the molecule is CCNCCCN1CCC(CN2CCC(NC(=O)c3cc(Cl)c(N)cc3OC)CC2)CC1. The number of rotatable bonds is 10.